The number of hydrogen-bond donors (Lipinski definition) is 3. The average Bonchev–Trinajstić information content (AvgIpc) is 3.50. The lowest BCUT2D eigenvalue weighted by Gasteiger charge is -2.14. The molecule has 2 aromatic carbocycles. The van der Waals surface area contributed by atoms with Gasteiger partial charge in [0.2, 0.25) is 0 Å². The van der Waals surface area contributed by atoms with E-state index in [0.29, 0.717) is 18.9 Å². The van der Waals surface area contributed by atoms with E-state index in [9.17, 15) is 31.1 Å². The number of carbonyl (C=O) groups excluding carboxylic acids is 1. The lowest BCUT2D eigenvalue weighted by Crippen LogP contribution is -2.21. The van der Waals surface area contributed by atoms with Crippen LogP contribution in [0, 0.1) is 28.8 Å². The quantitative estimate of drug-likeness (QED) is 0.412. The molecule has 4 nitrogen and oxygen atoms in total. The summed E-state index contributed by atoms with van der Waals surface area (Å²) >= 11 is 0. The molecule has 1 aliphatic rings. The molecule has 0 bridgehead atoms. The highest BCUT2D eigenvalue weighted by atomic mass is 19.4. The number of carbonyl (C=O) groups is 1. The largest absolute Gasteiger partial charge is 0.432 e. The zero-order chi connectivity index (χ0) is 22.1. The van der Waals surface area contributed by atoms with Crippen molar-refractivity contribution in [2.45, 2.75) is 19.0 Å². The van der Waals surface area contributed by atoms with Crippen LogP contribution in [0.1, 0.15) is 23.2 Å². The maximum Gasteiger partial charge on any atom is 0.432 e. The molecular weight excluding hydrogens is 412 g/mol. The number of allylic oxidation sites excluding steroid dienone is 2. The molecule has 1 aliphatic carbocycles. The minimum atomic E-state index is -4.82. The fourth-order valence-electron chi connectivity index (χ4n) is 2.60. The third-order valence-corrected chi connectivity index (χ3v) is 4.33. The van der Waals surface area contributed by atoms with Crippen molar-refractivity contribution in [3.05, 3.63) is 71.2 Å². The molecule has 158 valence electrons. The molecule has 1 amide bonds. The van der Waals surface area contributed by atoms with Crippen LogP contribution in [0.15, 0.2) is 48.2 Å². The number of nitrogens with one attached hydrogen (secondary N) is 3. The van der Waals surface area contributed by atoms with Crippen LogP contribution >= 0.6 is 0 Å². The maximum absolute atomic E-state index is 14.4. The Labute approximate surface area is 167 Å². The lowest BCUT2D eigenvalue weighted by atomic mass is 10.1. The predicted octanol–water partition coefficient (Wildman–Crippen LogP) is 5.64. The molecule has 0 aromatic heterocycles. The van der Waals surface area contributed by atoms with Gasteiger partial charge in [0.05, 0.1) is 11.4 Å². The second-order valence-corrected chi connectivity index (χ2v) is 6.66. The van der Waals surface area contributed by atoms with E-state index in [4.69, 9.17) is 5.41 Å². The van der Waals surface area contributed by atoms with Gasteiger partial charge < -0.3 is 10.6 Å². The van der Waals surface area contributed by atoms with E-state index >= 15 is 0 Å². The molecule has 1 saturated carbocycles. The summed E-state index contributed by atoms with van der Waals surface area (Å²) in [5.74, 6) is -4.52. The summed E-state index contributed by atoms with van der Waals surface area (Å²) in [7, 11) is 0. The van der Waals surface area contributed by atoms with Crippen molar-refractivity contribution >= 4 is 23.0 Å². The summed E-state index contributed by atoms with van der Waals surface area (Å²) in [6.45, 7) is 0. The molecule has 0 radical (unpaired) electrons. The summed E-state index contributed by atoms with van der Waals surface area (Å²) < 4.78 is 79.2. The van der Waals surface area contributed by atoms with Crippen LogP contribution in [0.5, 0.6) is 0 Å². The van der Waals surface area contributed by atoms with Gasteiger partial charge in [0, 0.05) is 11.3 Å². The molecule has 2 aromatic rings. The van der Waals surface area contributed by atoms with Crippen molar-refractivity contribution in [1.29, 1.82) is 5.41 Å². The van der Waals surface area contributed by atoms with E-state index in [2.05, 4.69) is 10.6 Å². The van der Waals surface area contributed by atoms with Crippen LogP contribution in [0.25, 0.3) is 0 Å². The van der Waals surface area contributed by atoms with Crippen LogP contribution in [0.2, 0.25) is 0 Å². The smallest absolute Gasteiger partial charge is 0.356 e. The van der Waals surface area contributed by atoms with Crippen molar-refractivity contribution in [2.75, 3.05) is 10.6 Å². The first-order chi connectivity index (χ1) is 14.1. The van der Waals surface area contributed by atoms with Gasteiger partial charge in [-0.05, 0) is 55.2 Å². The molecule has 0 saturated heterocycles. The van der Waals surface area contributed by atoms with Gasteiger partial charge in [-0.15, -0.1) is 0 Å². The van der Waals surface area contributed by atoms with E-state index in [1.807, 2.05) is 0 Å². The molecule has 3 N–H and O–H groups in total. The second kappa shape index (κ2) is 8.21. The Morgan fingerprint density at radius 2 is 1.70 bits per heavy atom. The summed E-state index contributed by atoms with van der Waals surface area (Å²) in [6.07, 6.45) is -3.00. The lowest BCUT2D eigenvalue weighted by molar-refractivity contribution is -0.0584. The Morgan fingerprint density at radius 1 is 1.00 bits per heavy atom. The molecule has 0 unspecified atom stereocenters. The van der Waals surface area contributed by atoms with Gasteiger partial charge in [-0.3, -0.25) is 10.2 Å². The number of benzene rings is 2. The fraction of sp³-hybridized carbons (Fsp3) is 0.200. The van der Waals surface area contributed by atoms with Gasteiger partial charge in [-0.25, -0.2) is 13.2 Å². The third kappa shape index (κ3) is 5.00. The van der Waals surface area contributed by atoms with Gasteiger partial charge >= 0.3 is 6.18 Å². The highest BCUT2D eigenvalue weighted by molar-refractivity contribution is 6.04. The Morgan fingerprint density at radius 3 is 2.30 bits per heavy atom. The van der Waals surface area contributed by atoms with Crippen LogP contribution in [-0.2, 0) is 0 Å². The second-order valence-electron chi connectivity index (χ2n) is 6.66. The van der Waals surface area contributed by atoms with Gasteiger partial charge in [-0.1, -0.05) is 6.07 Å². The molecule has 30 heavy (non-hydrogen) atoms. The van der Waals surface area contributed by atoms with E-state index in [-0.39, 0.29) is 22.9 Å². The normalized spacial score (nSPS) is 14.4. The predicted molar refractivity (Wildman–Crippen MR) is 98.9 cm³/mol. The van der Waals surface area contributed by atoms with Crippen molar-refractivity contribution < 1.29 is 31.1 Å². The van der Waals surface area contributed by atoms with Crippen molar-refractivity contribution in [3.63, 3.8) is 0 Å². The number of rotatable bonds is 6. The van der Waals surface area contributed by atoms with E-state index in [1.54, 1.807) is 0 Å². The highest BCUT2D eigenvalue weighted by Gasteiger charge is 2.35. The molecule has 0 aliphatic heterocycles. The van der Waals surface area contributed by atoms with E-state index < -0.39 is 40.9 Å². The topological polar surface area (TPSA) is 65.0 Å². The number of anilines is 2. The molecule has 0 atom stereocenters. The van der Waals surface area contributed by atoms with Crippen LogP contribution in [0.4, 0.5) is 37.7 Å². The first-order valence-electron chi connectivity index (χ1n) is 8.75. The number of amides is 1. The van der Waals surface area contributed by atoms with Gasteiger partial charge in [0.15, 0.2) is 11.6 Å². The summed E-state index contributed by atoms with van der Waals surface area (Å²) in [4.78, 5) is 12.2. The first kappa shape index (κ1) is 21.4. The van der Waals surface area contributed by atoms with Crippen molar-refractivity contribution in [2.24, 2.45) is 5.92 Å². The molecule has 1 fully saturated rings. The molecule has 10 heteroatoms. The molecule has 0 spiro atoms. The summed E-state index contributed by atoms with van der Waals surface area (Å²) in [5, 5.41) is 11.8. The molecule has 0 heterocycles. The Hall–Kier alpha value is -3.30. The molecular formula is C20H15F6N3O. The van der Waals surface area contributed by atoms with Crippen molar-refractivity contribution in [1.82, 2.24) is 0 Å². The van der Waals surface area contributed by atoms with Crippen LogP contribution in [-0.4, -0.2) is 17.8 Å². The number of hydrogen-bond acceptors (Lipinski definition) is 3. The zero-order valence-electron chi connectivity index (χ0n) is 15.2. The highest BCUT2D eigenvalue weighted by Crippen LogP contribution is 2.38. The van der Waals surface area contributed by atoms with Crippen molar-refractivity contribution in [3.8, 4) is 0 Å². The van der Waals surface area contributed by atoms with Gasteiger partial charge in [0.25, 0.3) is 5.91 Å². The Balaban J connectivity index is 1.77. The minimum absolute atomic E-state index is 0.0512. The maximum atomic E-state index is 14.4. The third-order valence-electron chi connectivity index (χ3n) is 4.33. The first-order valence-corrected chi connectivity index (χ1v) is 8.75. The number of alkyl halides is 3. The molecule has 3 rings (SSSR count). The average molecular weight is 427 g/mol. The Bertz CT molecular complexity index is 1030. The number of halogens is 6. The minimum Gasteiger partial charge on any atom is -0.356 e. The zero-order valence-corrected chi connectivity index (χ0v) is 15.2. The van der Waals surface area contributed by atoms with Crippen LogP contribution < -0.4 is 10.6 Å². The Kier molecular flexibility index (Phi) is 5.86. The van der Waals surface area contributed by atoms with Gasteiger partial charge in [0.1, 0.15) is 11.5 Å². The van der Waals surface area contributed by atoms with Gasteiger partial charge in [-0.2, -0.15) is 13.2 Å². The fourth-order valence-corrected chi connectivity index (χ4v) is 2.60. The SMILES string of the molecule is N=C(/C=C(\Nc1ccc(C(=O)Nc2cccc(F)c2F)cc1F)C1CC1)C(F)(F)F. The van der Waals surface area contributed by atoms with E-state index in [0.717, 1.165) is 24.3 Å². The summed E-state index contributed by atoms with van der Waals surface area (Å²) in [5.41, 5.74) is -2.33. The standard InChI is InChI=1S/C20H15F6N3O/c21-12-2-1-3-15(18(12)23)29-19(30)11-6-7-14(13(22)8-11)28-16(10-4-5-10)9-17(27)20(24,25)26/h1-3,6-10,27-28H,4-5H2,(H,29,30)/b16-9-,27-17?. The monoisotopic (exact) mass is 427 g/mol. The van der Waals surface area contributed by atoms with E-state index in [1.165, 1.54) is 12.1 Å². The summed E-state index contributed by atoms with van der Waals surface area (Å²) in [6, 6.07) is 6.32. The van der Waals surface area contributed by atoms with Crippen LogP contribution in [0.3, 0.4) is 0 Å².